The molecule has 0 bridgehead atoms. The first-order chi connectivity index (χ1) is 26.0. The van der Waals surface area contributed by atoms with Crippen LogP contribution in [0.25, 0.3) is 0 Å². The van der Waals surface area contributed by atoms with Gasteiger partial charge >= 0.3 is 6.18 Å². The molecular weight excluding hydrogens is 703 g/mol. The molecule has 0 atom stereocenters. The lowest BCUT2D eigenvalue weighted by molar-refractivity contribution is -0.137. The van der Waals surface area contributed by atoms with Crippen molar-refractivity contribution in [1.29, 1.82) is 0 Å². The van der Waals surface area contributed by atoms with Crippen molar-refractivity contribution in [2.45, 2.75) is 45.3 Å². The van der Waals surface area contributed by atoms with Gasteiger partial charge in [0, 0.05) is 50.4 Å². The molecule has 0 unspecified atom stereocenters. The summed E-state index contributed by atoms with van der Waals surface area (Å²) in [5.74, 6) is -1.40. The molecule has 15 heteroatoms. The summed E-state index contributed by atoms with van der Waals surface area (Å²) in [7, 11) is 1.93. The fraction of sp³-hybridized carbons (Fsp3) is 0.436. The molecule has 2 heterocycles. The number of amidine groups is 1. The maximum Gasteiger partial charge on any atom is 0.416 e. The Bertz CT molecular complexity index is 1710. The van der Waals surface area contributed by atoms with E-state index < -0.39 is 23.6 Å². The number of aliphatic imine (C=N–C) groups is 1. The zero-order valence-electron chi connectivity index (χ0n) is 30.9. The van der Waals surface area contributed by atoms with Crippen molar-refractivity contribution in [2.75, 3.05) is 81.9 Å². The third kappa shape index (κ3) is 14.2. The molecule has 12 nitrogen and oxygen atoms in total. The fourth-order valence-electron chi connectivity index (χ4n) is 5.53. The highest BCUT2D eigenvalue weighted by Gasteiger charge is 2.30. The van der Waals surface area contributed by atoms with Crippen LogP contribution in [0.1, 0.15) is 64.7 Å². The van der Waals surface area contributed by atoms with Gasteiger partial charge in [0.25, 0.3) is 11.8 Å². The number of piperidine rings is 1. The van der Waals surface area contributed by atoms with E-state index >= 15 is 0 Å². The largest absolute Gasteiger partial charge is 0.416 e. The molecule has 3 aromatic rings. The van der Waals surface area contributed by atoms with Gasteiger partial charge in [-0.15, -0.1) is 0 Å². The van der Waals surface area contributed by atoms with Crippen LogP contribution in [0.5, 0.6) is 0 Å². The van der Waals surface area contributed by atoms with Crippen LogP contribution >= 0.6 is 0 Å². The van der Waals surface area contributed by atoms with Gasteiger partial charge < -0.3 is 35.5 Å². The number of pyridine rings is 1. The predicted molar refractivity (Wildman–Crippen MR) is 204 cm³/mol. The Labute approximate surface area is 314 Å². The van der Waals surface area contributed by atoms with Crippen LogP contribution in [0.3, 0.4) is 0 Å². The van der Waals surface area contributed by atoms with E-state index in [1.807, 2.05) is 24.1 Å². The molecule has 4 N–H and O–H groups in total. The lowest BCUT2D eigenvalue weighted by Gasteiger charge is -2.29. The SMILES string of the molecule is CCCOCCOCCOCCN(C)Cc1cccc(C(=O)Nc2ccc(N3CCCCC3)cc2C(=O)N=C(N)/C=C\Nc2cccc(C(F)(F)F)c2)n1. The number of hydrogen-bond donors (Lipinski definition) is 3. The van der Waals surface area contributed by atoms with E-state index in [1.165, 1.54) is 24.4 Å². The monoisotopic (exact) mass is 753 g/mol. The number of alkyl halides is 3. The molecule has 0 saturated carbocycles. The number of benzene rings is 2. The summed E-state index contributed by atoms with van der Waals surface area (Å²) in [6, 6.07) is 15.0. The summed E-state index contributed by atoms with van der Waals surface area (Å²) in [4.78, 5) is 39.8. The molecule has 0 aliphatic carbocycles. The van der Waals surface area contributed by atoms with Crippen LogP contribution in [-0.2, 0) is 26.9 Å². The summed E-state index contributed by atoms with van der Waals surface area (Å²) < 4.78 is 55.8. The van der Waals surface area contributed by atoms with Crippen LogP contribution < -0.4 is 21.3 Å². The number of nitrogens with zero attached hydrogens (tertiary/aromatic N) is 4. The minimum absolute atomic E-state index is 0.125. The second-order valence-corrected chi connectivity index (χ2v) is 12.7. The summed E-state index contributed by atoms with van der Waals surface area (Å²) in [6.45, 7) is 8.16. The highest BCUT2D eigenvalue weighted by molar-refractivity contribution is 6.12. The minimum atomic E-state index is -4.49. The molecule has 0 spiro atoms. The van der Waals surface area contributed by atoms with Crippen molar-refractivity contribution in [3.05, 3.63) is 95.5 Å². The van der Waals surface area contributed by atoms with E-state index in [0.29, 0.717) is 51.8 Å². The molecule has 1 aliphatic heterocycles. The number of halogens is 3. The first-order valence-electron chi connectivity index (χ1n) is 18.1. The molecule has 4 rings (SSSR count). The number of rotatable bonds is 20. The highest BCUT2D eigenvalue weighted by atomic mass is 19.4. The van der Waals surface area contributed by atoms with Gasteiger partial charge in [0.05, 0.1) is 55.5 Å². The van der Waals surface area contributed by atoms with Gasteiger partial charge in [-0.3, -0.25) is 14.5 Å². The quantitative estimate of drug-likeness (QED) is 0.0678. The zero-order chi connectivity index (χ0) is 38.8. The Balaban J connectivity index is 1.38. The summed E-state index contributed by atoms with van der Waals surface area (Å²) in [5.41, 5.74) is 7.41. The lowest BCUT2D eigenvalue weighted by atomic mass is 10.1. The van der Waals surface area contributed by atoms with Gasteiger partial charge in [-0.05, 0) is 87.3 Å². The van der Waals surface area contributed by atoms with Gasteiger partial charge in [0.2, 0.25) is 0 Å². The average molecular weight is 754 g/mol. The third-order valence-electron chi connectivity index (χ3n) is 8.31. The van der Waals surface area contributed by atoms with Crippen molar-refractivity contribution in [3.63, 3.8) is 0 Å². The van der Waals surface area contributed by atoms with Gasteiger partial charge in [0.15, 0.2) is 0 Å². The van der Waals surface area contributed by atoms with Gasteiger partial charge in [-0.2, -0.15) is 18.2 Å². The molecule has 1 fully saturated rings. The van der Waals surface area contributed by atoms with Crippen molar-refractivity contribution in [2.24, 2.45) is 10.7 Å². The maximum absolute atomic E-state index is 13.5. The van der Waals surface area contributed by atoms with E-state index in [-0.39, 0.29) is 28.5 Å². The second kappa shape index (κ2) is 21.8. The molecular formula is C39H50F3N7O5. The summed E-state index contributed by atoms with van der Waals surface area (Å²) >= 11 is 0. The number of aromatic nitrogens is 1. The zero-order valence-corrected chi connectivity index (χ0v) is 30.9. The second-order valence-electron chi connectivity index (χ2n) is 12.7. The lowest BCUT2D eigenvalue weighted by Crippen LogP contribution is -2.29. The van der Waals surface area contributed by atoms with E-state index in [1.54, 1.807) is 24.3 Å². The number of amides is 2. The molecule has 292 valence electrons. The number of nitrogens with two attached hydrogens (primary N) is 1. The smallest absolute Gasteiger partial charge is 0.384 e. The average Bonchev–Trinajstić information content (AvgIpc) is 3.16. The standard InChI is InChI=1S/C39H50F3N7O5/c1-3-20-52-22-24-54-25-23-53-21-19-48(2)28-31-11-8-12-35(45-31)38(51)46-34-14-13-32(49-17-5-4-6-18-49)27-33(34)37(50)47-36(43)15-16-44-30-10-7-9-29(26-30)39(40,41)42/h7-16,26-27,44H,3-6,17-25,28H2,1-2H3,(H,46,51)(H2,43,47,50)/b16-15-. The van der Waals surface area contributed by atoms with Crippen LogP contribution in [0, 0.1) is 0 Å². The number of likely N-dealkylation sites (N-methyl/N-ethyl adjacent to an activating group) is 1. The maximum atomic E-state index is 13.5. The Kier molecular flexibility index (Phi) is 16.9. The molecule has 2 aromatic carbocycles. The normalized spacial score (nSPS) is 13.8. The number of ether oxygens (including phenoxy) is 3. The number of hydrogen-bond acceptors (Lipinski definition) is 9. The Morgan fingerprint density at radius 2 is 1.65 bits per heavy atom. The Morgan fingerprint density at radius 3 is 2.37 bits per heavy atom. The van der Waals surface area contributed by atoms with E-state index in [2.05, 4.69) is 32.4 Å². The van der Waals surface area contributed by atoms with Gasteiger partial charge in [0.1, 0.15) is 11.5 Å². The van der Waals surface area contributed by atoms with Crippen LogP contribution in [0.15, 0.2) is 77.9 Å². The van der Waals surface area contributed by atoms with Gasteiger partial charge in [-0.25, -0.2) is 4.98 Å². The summed E-state index contributed by atoms with van der Waals surface area (Å²) in [5, 5.41) is 5.53. The number of nitrogens with one attached hydrogen (secondary N) is 2. The topological polar surface area (TPSA) is 144 Å². The van der Waals surface area contributed by atoms with Crippen LogP contribution in [-0.4, -0.2) is 93.9 Å². The molecule has 2 amide bonds. The van der Waals surface area contributed by atoms with Gasteiger partial charge in [-0.1, -0.05) is 19.1 Å². The predicted octanol–water partition coefficient (Wildman–Crippen LogP) is 6.36. The van der Waals surface area contributed by atoms with E-state index in [0.717, 1.165) is 63.2 Å². The fourth-order valence-corrected chi connectivity index (χ4v) is 5.53. The summed E-state index contributed by atoms with van der Waals surface area (Å²) in [6.07, 6.45) is 2.21. The van der Waals surface area contributed by atoms with Crippen molar-refractivity contribution < 1.29 is 37.0 Å². The minimum Gasteiger partial charge on any atom is -0.384 e. The molecule has 0 radical (unpaired) electrons. The molecule has 1 aliphatic rings. The van der Waals surface area contributed by atoms with Crippen LogP contribution in [0.2, 0.25) is 0 Å². The van der Waals surface area contributed by atoms with E-state index in [4.69, 9.17) is 19.9 Å². The first kappa shape index (κ1) is 41.9. The number of carbonyl (C=O) groups is 2. The van der Waals surface area contributed by atoms with E-state index in [9.17, 15) is 22.8 Å². The van der Waals surface area contributed by atoms with Crippen molar-refractivity contribution in [1.82, 2.24) is 9.88 Å². The Hall–Kier alpha value is -4.83. The highest BCUT2D eigenvalue weighted by Crippen LogP contribution is 2.31. The molecule has 54 heavy (non-hydrogen) atoms. The van der Waals surface area contributed by atoms with Crippen molar-refractivity contribution in [3.8, 4) is 0 Å². The first-order valence-corrected chi connectivity index (χ1v) is 18.1. The Morgan fingerprint density at radius 1 is 0.944 bits per heavy atom. The third-order valence-corrected chi connectivity index (χ3v) is 8.31. The number of carbonyl (C=O) groups excluding carboxylic acids is 2. The van der Waals surface area contributed by atoms with Crippen molar-refractivity contribution >= 4 is 34.7 Å². The number of anilines is 3. The van der Waals surface area contributed by atoms with Crippen LogP contribution in [0.4, 0.5) is 30.2 Å². The molecule has 1 saturated heterocycles. The molecule has 1 aromatic heterocycles.